The minimum absolute atomic E-state index is 0.168. The normalized spacial score (nSPS) is 9.38. The molecule has 0 amide bonds. The van der Waals surface area contributed by atoms with Gasteiger partial charge in [0.2, 0.25) is 0 Å². The Bertz CT molecular complexity index is 521. The van der Waals surface area contributed by atoms with Gasteiger partial charge in [0.15, 0.2) is 0 Å². The molecule has 1 aromatic heterocycles. The number of aromatic carboxylic acids is 1. The minimum Gasteiger partial charge on any atom is -0.478 e. The third-order valence-corrected chi connectivity index (χ3v) is 1.58. The highest BCUT2D eigenvalue weighted by Gasteiger charge is 2.09. The van der Waals surface area contributed by atoms with E-state index in [2.05, 4.69) is 15.4 Å². The third-order valence-electron chi connectivity index (χ3n) is 1.58. The van der Waals surface area contributed by atoms with Gasteiger partial charge in [0.05, 0.1) is 5.56 Å². The third kappa shape index (κ3) is 3.06. The van der Waals surface area contributed by atoms with E-state index in [0.29, 0.717) is 11.0 Å². The van der Waals surface area contributed by atoms with Crippen LogP contribution >= 0.6 is 8.25 Å². The summed E-state index contributed by atoms with van der Waals surface area (Å²) in [4.78, 5) is 24.9. The smallest absolute Gasteiger partial charge is 0.478 e. The monoisotopic (exact) mass is 244 g/mol. The molecule has 0 spiro atoms. The number of nitrogens with zero attached hydrogens (tertiary/aromatic N) is 2. The standard InChI is InChI=1S/C7H5N3O2.HO3P/c11-7(12)4-2-1-3-5-6(4)9-10-8-5;1-4(2)3/h1-3H,(H,11,12)(H,8,9,10);(H-,1,2,3)/p+1. The molecule has 0 fully saturated rings. The fraction of sp³-hybridized carbons (Fsp3) is 0. The van der Waals surface area contributed by atoms with Crippen LogP contribution in [0.5, 0.6) is 0 Å². The first-order chi connectivity index (χ1) is 7.52. The van der Waals surface area contributed by atoms with Gasteiger partial charge in [-0.3, -0.25) is 0 Å². The van der Waals surface area contributed by atoms with Gasteiger partial charge < -0.3 is 5.11 Å². The summed E-state index contributed by atoms with van der Waals surface area (Å²) in [6, 6.07) is 4.83. The van der Waals surface area contributed by atoms with Gasteiger partial charge in [0.1, 0.15) is 11.0 Å². The van der Waals surface area contributed by atoms with E-state index in [4.69, 9.17) is 19.5 Å². The largest absolute Gasteiger partial charge is 0.692 e. The van der Waals surface area contributed by atoms with Crippen LogP contribution in [0.25, 0.3) is 11.0 Å². The fourth-order valence-corrected chi connectivity index (χ4v) is 1.04. The summed E-state index contributed by atoms with van der Waals surface area (Å²) >= 11 is 0. The first kappa shape index (κ1) is 12.2. The lowest BCUT2D eigenvalue weighted by Gasteiger charge is -1.91. The van der Waals surface area contributed by atoms with Crippen LogP contribution < -0.4 is 0 Å². The molecule has 1 heterocycles. The van der Waals surface area contributed by atoms with Crippen molar-refractivity contribution in [2.45, 2.75) is 0 Å². The zero-order chi connectivity index (χ0) is 12.1. The molecule has 1 aromatic carbocycles. The highest BCUT2D eigenvalue weighted by Crippen LogP contribution is 2.12. The number of hydrogen-bond donors (Lipinski definition) is 4. The van der Waals surface area contributed by atoms with Gasteiger partial charge in [-0.2, -0.15) is 15.4 Å². The Hall–Kier alpha value is -1.89. The van der Waals surface area contributed by atoms with Crippen LogP contribution in [-0.4, -0.2) is 36.3 Å². The van der Waals surface area contributed by atoms with E-state index < -0.39 is 14.2 Å². The molecule has 4 N–H and O–H groups in total. The number of H-pyrrole nitrogens is 1. The van der Waals surface area contributed by atoms with E-state index in [0.717, 1.165) is 0 Å². The minimum atomic E-state index is -2.87. The van der Waals surface area contributed by atoms with E-state index >= 15 is 0 Å². The molecule has 0 radical (unpaired) electrons. The van der Waals surface area contributed by atoms with Crippen LogP contribution in [0.3, 0.4) is 0 Å². The lowest BCUT2D eigenvalue weighted by Crippen LogP contribution is -1.96. The second kappa shape index (κ2) is 5.26. The molecule has 0 aliphatic carbocycles. The average Bonchev–Trinajstić information content (AvgIpc) is 2.63. The molecule has 0 unspecified atom stereocenters. The van der Waals surface area contributed by atoms with Gasteiger partial charge in [-0.25, -0.2) is 4.79 Å². The lowest BCUT2D eigenvalue weighted by atomic mass is 10.2. The molecule has 0 aliphatic rings. The molecule has 0 saturated carbocycles. The summed E-state index contributed by atoms with van der Waals surface area (Å²) in [7, 11) is -2.87. The summed E-state index contributed by atoms with van der Waals surface area (Å²) in [5.41, 5.74) is 1.13. The molecule has 84 valence electrons. The van der Waals surface area contributed by atoms with E-state index in [-0.39, 0.29) is 5.56 Å². The zero-order valence-electron chi connectivity index (χ0n) is 7.73. The van der Waals surface area contributed by atoms with Crippen molar-refractivity contribution in [3.63, 3.8) is 0 Å². The predicted octanol–water partition coefficient (Wildman–Crippen LogP) is 0.284. The van der Waals surface area contributed by atoms with Crippen molar-refractivity contribution >= 4 is 25.3 Å². The Morgan fingerprint density at radius 2 is 1.94 bits per heavy atom. The number of carboxylic acid groups (broad SMARTS) is 1. The molecule has 16 heavy (non-hydrogen) atoms. The quantitative estimate of drug-likeness (QED) is 0.529. The number of para-hydroxylation sites is 1. The van der Waals surface area contributed by atoms with Crippen molar-refractivity contribution in [2.24, 2.45) is 0 Å². The van der Waals surface area contributed by atoms with Crippen LogP contribution in [0.15, 0.2) is 18.2 Å². The van der Waals surface area contributed by atoms with Crippen molar-refractivity contribution in [3.8, 4) is 0 Å². The second-order valence-electron chi connectivity index (χ2n) is 2.55. The highest BCUT2D eigenvalue weighted by atomic mass is 31.1. The molecule has 8 nitrogen and oxygen atoms in total. The molecule has 2 rings (SSSR count). The van der Waals surface area contributed by atoms with E-state index in [9.17, 15) is 4.79 Å². The van der Waals surface area contributed by atoms with Gasteiger partial charge in [-0.15, -0.1) is 9.79 Å². The van der Waals surface area contributed by atoms with Crippen LogP contribution in [0, 0.1) is 0 Å². The van der Waals surface area contributed by atoms with E-state index in [1.54, 1.807) is 12.1 Å². The lowest BCUT2D eigenvalue weighted by molar-refractivity contribution is 0.0698. The topological polar surface area (TPSA) is 136 Å². The molecule has 0 bridgehead atoms. The number of fused-ring (bicyclic) bond motifs is 1. The average molecular weight is 244 g/mol. The van der Waals surface area contributed by atoms with Crippen molar-refractivity contribution in [1.82, 2.24) is 15.4 Å². The first-order valence-electron chi connectivity index (χ1n) is 3.90. The van der Waals surface area contributed by atoms with Gasteiger partial charge in [0, 0.05) is 4.57 Å². The van der Waals surface area contributed by atoms with Gasteiger partial charge in [-0.1, -0.05) is 6.07 Å². The number of nitrogens with one attached hydrogen (secondary N) is 1. The van der Waals surface area contributed by atoms with Crippen LogP contribution in [0.4, 0.5) is 0 Å². The van der Waals surface area contributed by atoms with E-state index in [1.807, 2.05) is 0 Å². The molecular weight excluding hydrogens is 237 g/mol. The number of aromatic nitrogens is 3. The Kier molecular flexibility index (Phi) is 4.01. The van der Waals surface area contributed by atoms with Crippen LogP contribution in [-0.2, 0) is 4.57 Å². The fourth-order valence-electron chi connectivity index (χ4n) is 1.04. The molecule has 2 aromatic rings. The number of benzene rings is 1. The SMILES string of the molecule is O=C(O)c1cccc2n[nH]nc12.O=[P+](O)O. The maximum atomic E-state index is 10.6. The van der Waals surface area contributed by atoms with Gasteiger partial charge in [-0.05, 0) is 12.1 Å². The summed E-state index contributed by atoms with van der Waals surface area (Å²) in [6.07, 6.45) is 0. The van der Waals surface area contributed by atoms with Gasteiger partial charge >= 0.3 is 14.2 Å². The maximum absolute atomic E-state index is 10.6. The summed E-state index contributed by atoms with van der Waals surface area (Å²) in [5, 5.41) is 18.6. The number of carbonyl (C=O) groups is 1. The predicted molar refractivity (Wildman–Crippen MR) is 52.9 cm³/mol. The summed E-state index contributed by atoms with van der Waals surface area (Å²) in [5.74, 6) is -0.991. The van der Waals surface area contributed by atoms with Crippen molar-refractivity contribution in [2.75, 3.05) is 0 Å². The van der Waals surface area contributed by atoms with Crippen molar-refractivity contribution < 1.29 is 24.3 Å². The second-order valence-corrected chi connectivity index (χ2v) is 3.06. The number of hydrogen-bond acceptors (Lipinski definition) is 4. The molecule has 9 heteroatoms. The Morgan fingerprint density at radius 3 is 2.50 bits per heavy atom. The molecule has 0 saturated heterocycles. The summed E-state index contributed by atoms with van der Waals surface area (Å²) in [6.45, 7) is 0. The molecular formula is C7H7N3O5P+. The Morgan fingerprint density at radius 1 is 1.31 bits per heavy atom. The first-order valence-corrected chi connectivity index (χ1v) is 5.06. The van der Waals surface area contributed by atoms with Crippen LogP contribution in [0.2, 0.25) is 0 Å². The van der Waals surface area contributed by atoms with Crippen LogP contribution in [0.1, 0.15) is 10.4 Å². The van der Waals surface area contributed by atoms with Gasteiger partial charge in [0.25, 0.3) is 0 Å². The molecule has 0 aliphatic heterocycles. The van der Waals surface area contributed by atoms with Crippen molar-refractivity contribution in [1.29, 1.82) is 0 Å². The summed E-state index contributed by atoms with van der Waals surface area (Å²) < 4.78 is 8.70. The maximum Gasteiger partial charge on any atom is 0.692 e. The highest BCUT2D eigenvalue weighted by molar-refractivity contribution is 7.30. The number of aromatic amines is 1. The number of carboxylic acids is 1. The Labute approximate surface area is 89.5 Å². The Balaban J connectivity index is 0.000000280. The molecule has 0 atom stereocenters. The number of rotatable bonds is 1. The zero-order valence-corrected chi connectivity index (χ0v) is 8.63. The van der Waals surface area contributed by atoms with Crippen molar-refractivity contribution in [3.05, 3.63) is 23.8 Å². The van der Waals surface area contributed by atoms with E-state index in [1.165, 1.54) is 6.07 Å².